The van der Waals surface area contributed by atoms with E-state index in [9.17, 15) is 4.79 Å². The molecule has 1 aliphatic carbocycles. The molecular formula is C33H37N5O2S. The molecular weight excluding hydrogens is 530 g/mol. The fraction of sp³-hybridized carbons (Fsp3) is 0.394. The Morgan fingerprint density at radius 3 is 2.68 bits per heavy atom. The Morgan fingerprint density at radius 2 is 1.90 bits per heavy atom. The van der Waals surface area contributed by atoms with E-state index in [4.69, 9.17) is 15.2 Å². The van der Waals surface area contributed by atoms with E-state index in [2.05, 4.69) is 67.6 Å². The minimum atomic E-state index is -0.380. The molecule has 1 fully saturated rings. The quantitative estimate of drug-likeness (QED) is 0.297. The lowest BCUT2D eigenvalue weighted by molar-refractivity contribution is -0.114. The highest BCUT2D eigenvalue weighted by molar-refractivity contribution is 8.27. The summed E-state index contributed by atoms with van der Waals surface area (Å²) in [6.45, 7) is 9.69. The number of aliphatic imine (C=N–C) groups is 1. The predicted octanol–water partition coefficient (Wildman–Crippen LogP) is 7.66. The first kappa shape index (κ1) is 27.5. The van der Waals surface area contributed by atoms with E-state index in [-0.39, 0.29) is 17.3 Å². The molecule has 1 saturated carbocycles. The zero-order valence-electron chi connectivity index (χ0n) is 24.2. The number of hydrazone groups is 1. The highest BCUT2D eigenvalue weighted by Gasteiger charge is 2.38. The topological polar surface area (TPSA) is 83.0 Å². The van der Waals surface area contributed by atoms with Crippen molar-refractivity contribution in [3.8, 4) is 5.75 Å². The number of rotatable bonds is 7. The number of hydrogen-bond donors (Lipinski definition) is 1. The second-order valence-corrected chi connectivity index (χ2v) is 12.5. The third kappa shape index (κ3) is 5.25. The lowest BCUT2D eigenvalue weighted by Crippen LogP contribution is -2.35. The zero-order chi connectivity index (χ0) is 28.7. The number of para-hydroxylation sites is 1. The molecule has 1 aromatic heterocycles. The van der Waals surface area contributed by atoms with Crippen molar-refractivity contribution in [2.24, 2.45) is 16.0 Å². The minimum absolute atomic E-state index is 0.0959. The Morgan fingerprint density at radius 1 is 1.12 bits per heavy atom. The van der Waals surface area contributed by atoms with Gasteiger partial charge < -0.3 is 9.30 Å². The fourth-order valence-corrected chi connectivity index (χ4v) is 7.14. The SMILES string of the molecule is Cc1ccc(C(C)C)c(OCCn2c(C)c(/C=C3/C(=N)N4N=C(C5CCCCC5)SC4=NC3=O)c3ccccc32)c1. The first-order valence-corrected chi connectivity index (χ1v) is 15.4. The van der Waals surface area contributed by atoms with Gasteiger partial charge in [0.05, 0.1) is 12.1 Å². The van der Waals surface area contributed by atoms with Gasteiger partial charge >= 0.3 is 0 Å². The number of carbonyl (C=O) groups excluding carboxylic acids is 1. The summed E-state index contributed by atoms with van der Waals surface area (Å²) in [7, 11) is 0. The van der Waals surface area contributed by atoms with E-state index in [0.29, 0.717) is 30.2 Å². The number of thioether (sulfide) groups is 1. The van der Waals surface area contributed by atoms with Gasteiger partial charge in [-0.25, -0.2) is 0 Å². The van der Waals surface area contributed by atoms with E-state index in [1.54, 1.807) is 5.01 Å². The molecule has 0 atom stereocenters. The van der Waals surface area contributed by atoms with E-state index in [1.165, 1.54) is 42.2 Å². The van der Waals surface area contributed by atoms with Gasteiger partial charge in [0.2, 0.25) is 5.17 Å². The van der Waals surface area contributed by atoms with Crippen LogP contribution in [0.5, 0.6) is 5.75 Å². The van der Waals surface area contributed by atoms with Crippen molar-refractivity contribution in [1.82, 2.24) is 9.58 Å². The number of ether oxygens (including phenoxy) is 1. The van der Waals surface area contributed by atoms with Crippen molar-refractivity contribution in [2.45, 2.75) is 72.3 Å². The number of nitrogens with one attached hydrogen (secondary N) is 1. The van der Waals surface area contributed by atoms with Gasteiger partial charge in [-0.15, -0.1) is 0 Å². The molecule has 0 saturated heterocycles. The van der Waals surface area contributed by atoms with E-state index < -0.39 is 0 Å². The molecule has 0 unspecified atom stereocenters. The molecule has 0 bridgehead atoms. The number of benzene rings is 2. The van der Waals surface area contributed by atoms with Crippen LogP contribution in [-0.2, 0) is 11.3 Å². The summed E-state index contributed by atoms with van der Waals surface area (Å²) in [5, 5.41) is 17.8. The average molecular weight is 568 g/mol. The van der Waals surface area contributed by atoms with Crippen molar-refractivity contribution in [2.75, 3.05) is 6.61 Å². The van der Waals surface area contributed by atoms with Crippen molar-refractivity contribution in [3.63, 3.8) is 0 Å². The highest BCUT2D eigenvalue weighted by atomic mass is 32.2. The largest absolute Gasteiger partial charge is 0.491 e. The van der Waals surface area contributed by atoms with Crippen LogP contribution < -0.4 is 4.74 Å². The van der Waals surface area contributed by atoms with Crippen LogP contribution in [0.15, 0.2) is 58.1 Å². The third-order valence-electron chi connectivity index (χ3n) is 8.36. The monoisotopic (exact) mass is 567 g/mol. The van der Waals surface area contributed by atoms with Crippen LogP contribution in [-0.4, -0.2) is 38.1 Å². The summed E-state index contributed by atoms with van der Waals surface area (Å²) >= 11 is 1.46. The van der Waals surface area contributed by atoms with Gasteiger partial charge in [0.25, 0.3) is 5.91 Å². The lowest BCUT2D eigenvalue weighted by atomic mass is 9.90. The molecule has 212 valence electrons. The Balaban J connectivity index is 1.29. The number of aromatic nitrogens is 1. The third-order valence-corrected chi connectivity index (χ3v) is 9.43. The van der Waals surface area contributed by atoms with Crippen molar-refractivity contribution >= 4 is 50.7 Å². The van der Waals surface area contributed by atoms with Gasteiger partial charge in [0, 0.05) is 28.1 Å². The average Bonchev–Trinajstić information content (AvgIpc) is 3.50. The standard InChI is InChI=1S/C33H37N5O2S/c1-20(2)24-15-14-21(3)18-29(24)40-17-16-37-22(4)26(25-12-8-9-13-28(25)37)19-27-30(34)38-33(35-31(27)39)41-32(36-38)23-10-6-5-7-11-23/h8-9,12-15,18-20,23,34H,5-7,10-11,16-17H2,1-4H3/b27-19-,34-30?. The number of amidine groups is 2. The summed E-state index contributed by atoms with van der Waals surface area (Å²) in [6, 6.07) is 14.6. The Hall–Kier alpha value is -3.65. The Kier molecular flexibility index (Phi) is 7.60. The highest BCUT2D eigenvalue weighted by Crippen LogP contribution is 2.37. The molecule has 3 aromatic rings. The molecule has 8 heteroatoms. The summed E-state index contributed by atoms with van der Waals surface area (Å²) in [4.78, 5) is 17.6. The van der Waals surface area contributed by atoms with Crippen LogP contribution in [0.1, 0.15) is 74.3 Å². The second kappa shape index (κ2) is 11.3. The smallest absolute Gasteiger partial charge is 0.283 e. The molecule has 3 aliphatic rings. The van der Waals surface area contributed by atoms with Crippen LogP contribution in [0.2, 0.25) is 0 Å². The number of nitrogens with zero attached hydrogens (tertiary/aromatic N) is 4. The first-order chi connectivity index (χ1) is 19.8. The van der Waals surface area contributed by atoms with Gasteiger partial charge in [0.1, 0.15) is 17.4 Å². The van der Waals surface area contributed by atoms with Gasteiger partial charge in [-0.05, 0) is 73.7 Å². The van der Waals surface area contributed by atoms with Gasteiger partial charge in [-0.1, -0.05) is 63.4 Å². The number of hydrogen-bond acceptors (Lipinski definition) is 5. The molecule has 41 heavy (non-hydrogen) atoms. The molecule has 2 aliphatic heterocycles. The normalized spacial score (nSPS) is 18.9. The molecule has 0 radical (unpaired) electrons. The Bertz CT molecular complexity index is 1620. The fourth-order valence-electron chi connectivity index (χ4n) is 6.08. The van der Waals surface area contributed by atoms with Crippen LogP contribution in [0.3, 0.4) is 0 Å². The summed E-state index contributed by atoms with van der Waals surface area (Å²) in [5.41, 5.74) is 5.67. The van der Waals surface area contributed by atoms with E-state index in [0.717, 1.165) is 45.8 Å². The van der Waals surface area contributed by atoms with Crippen LogP contribution >= 0.6 is 11.8 Å². The van der Waals surface area contributed by atoms with E-state index >= 15 is 0 Å². The van der Waals surface area contributed by atoms with Gasteiger partial charge in [0.15, 0.2) is 5.84 Å². The summed E-state index contributed by atoms with van der Waals surface area (Å²) in [5.74, 6) is 1.42. The maximum atomic E-state index is 13.2. The first-order valence-electron chi connectivity index (χ1n) is 14.6. The number of fused-ring (bicyclic) bond motifs is 2. The maximum Gasteiger partial charge on any atom is 0.283 e. The molecule has 1 N–H and O–H groups in total. The van der Waals surface area contributed by atoms with Crippen molar-refractivity contribution in [1.29, 1.82) is 5.41 Å². The van der Waals surface area contributed by atoms with Crippen molar-refractivity contribution in [3.05, 3.63) is 70.4 Å². The van der Waals surface area contributed by atoms with Gasteiger partial charge in [-0.2, -0.15) is 15.1 Å². The van der Waals surface area contributed by atoms with Crippen LogP contribution in [0, 0.1) is 25.2 Å². The maximum absolute atomic E-state index is 13.2. The van der Waals surface area contributed by atoms with Gasteiger partial charge in [-0.3, -0.25) is 10.2 Å². The van der Waals surface area contributed by atoms with Crippen LogP contribution in [0.25, 0.3) is 17.0 Å². The molecule has 0 spiro atoms. The van der Waals surface area contributed by atoms with Crippen molar-refractivity contribution < 1.29 is 9.53 Å². The zero-order valence-corrected chi connectivity index (χ0v) is 25.1. The van der Waals surface area contributed by atoms with Crippen LogP contribution in [0.4, 0.5) is 0 Å². The molecule has 3 heterocycles. The predicted molar refractivity (Wildman–Crippen MR) is 169 cm³/mol. The Labute approximate surface area is 245 Å². The molecule has 2 aromatic carbocycles. The summed E-state index contributed by atoms with van der Waals surface area (Å²) < 4.78 is 8.56. The molecule has 7 nitrogen and oxygen atoms in total. The number of amides is 1. The second-order valence-electron chi connectivity index (χ2n) is 11.5. The lowest BCUT2D eigenvalue weighted by Gasteiger charge is -2.20. The molecule has 6 rings (SSSR count). The summed E-state index contributed by atoms with van der Waals surface area (Å²) in [6.07, 6.45) is 7.73. The van der Waals surface area contributed by atoms with E-state index in [1.807, 2.05) is 18.2 Å². The minimum Gasteiger partial charge on any atom is -0.491 e. The molecule has 1 amide bonds. The number of carbonyl (C=O) groups is 1. The number of aryl methyl sites for hydroxylation is 1.